The van der Waals surface area contributed by atoms with E-state index in [2.05, 4.69) is 11.4 Å². The first-order valence-electron chi connectivity index (χ1n) is 7.89. The summed E-state index contributed by atoms with van der Waals surface area (Å²) in [6, 6.07) is 13.4. The van der Waals surface area contributed by atoms with Crippen LogP contribution in [0, 0.1) is 17.1 Å². The van der Waals surface area contributed by atoms with Crippen molar-refractivity contribution in [2.24, 2.45) is 0 Å². The van der Waals surface area contributed by atoms with Crippen molar-refractivity contribution in [3.63, 3.8) is 0 Å². The van der Waals surface area contributed by atoms with Crippen LogP contribution in [0.15, 0.2) is 42.5 Å². The van der Waals surface area contributed by atoms with E-state index < -0.39 is 5.82 Å². The zero-order chi connectivity index (χ0) is 18.2. The Labute approximate surface area is 146 Å². The molecule has 2 aromatic rings. The van der Waals surface area contributed by atoms with Crippen LogP contribution in [0.5, 0.6) is 5.75 Å². The van der Waals surface area contributed by atoms with Gasteiger partial charge in [-0.3, -0.25) is 4.79 Å². The number of carbonyl (C=O) groups excluding carboxylic acids is 1. The standard InChI is InChI=1S/C19H20FN3O2/c1-23(2)19(24)17-12-15(7-8-18(17)20)22-9-4-10-25-16-6-3-5-14(11-16)13-21/h3,5-8,11-12,22H,4,9-10H2,1-2H3. The lowest BCUT2D eigenvalue weighted by Gasteiger charge is -2.13. The van der Waals surface area contributed by atoms with Crippen molar-refractivity contribution < 1.29 is 13.9 Å². The summed E-state index contributed by atoms with van der Waals surface area (Å²) < 4.78 is 19.3. The molecule has 0 aliphatic rings. The molecule has 5 nitrogen and oxygen atoms in total. The summed E-state index contributed by atoms with van der Waals surface area (Å²) in [5.41, 5.74) is 1.28. The monoisotopic (exact) mass is 341 g/mol. The predicted molar refractivity (Wildman–Crippen MR) is 94.2 cm³/mol. The van der Waals surface area contributed by atoms with Crippen molar-refractivity contribution in [2.75, 3.05) is 32.6 Å². The van der Waals surface area contributed by atoms with E-state index in [0.29, 0.717) is 36.6 Å². The van der Waals surface area contributed by atoms with Crippen molar-refractivity contribution in [1.29, 1.82) is 5.26 Å². The van der Waals surface area contributed by atoms with Crippen LogP contribution in [0.3, 0.4) is 0 Å². The number of amides is 1. The van der Waals surface area contributed by atoms with Crippen molar-refractivity contribution in [3.05, 3.63) is 59.4 Å². The molecule has 0 saturated heterocycles. The van der Waals surface area contributed by atoms with Gasteiger partial charge in [0.1, 0.15) is 11.6 Å². The minimum atomic E-state index is -0.537. The molecular weight excluding hydrogens is 321 g/mol. The minimum absolute atomic E-state index is 0.0413. The maximum absolute atomic E-state index is 13.8. The van der Waals surface area contributed by atoms with Gasteiger partial charge in [-0.05, 0) is 42.8 Å². The van der Waals surface area contributed by atoms with Crippen molar-refractivity contribution in [1.82, 2.24) is 4.90 Å². The highest BCUT2D eigenvalue weighted by atomic mass is 19.1. The average Bonchev–Trinajstić information content (AvgIpc) is 2.62. The molecule has 0 saturated carbocycles. The molecule has 6 heteroatoms. The Bertz CT molecular complexity index is 784. The van der Waals surface area contributed by atoms with E-state index in [1.54, 1.807) is 44.4 Å². The smallest absolute Gasteiger partial charge is 0.256 e. The van der Waals surface area contributed by atoms with E-state index in [4.69, 9.17) is 10.00 Å². The molecule has 0 aromatic heterocycles. The van der Waals surface area contributed by atoms with E-state index >= 15 is 0 Å². The number of hydrogen-bond donors (Lipinski definition) is 1. The second kappa shape index (κ2) is 8.69. The fourth-order valence-electron chi connectivity index (χ4n) is 2.19. The van der Waals surface area contributed by atoms with Gasteiger partial charge in [-0.1, -0.05) is 6.07 Å². The van der Waals surface area contributed by atoms with Crippen molar-refractivity contribution >= 4 is 11.6 Å². The van der Waals surface area contributed by atoms with E-state index in [1.807, 2.05) is 0 Å². The first-order chi connectivity index (χ1) is 12.0. The molecule has 2 aromatic carbocycles. The first-order valence-corrected chi connectivity index (χ1v) is 7.89. The number of nitrogens with one attached hydrogen (secondary N) is 1. The SMILES string of the molecule is CN(C)C(=O)c1cc(NCCCOc2cccc(C#N)c2)ccc1F. The Morgan fingerprint density at radius 2 is 2.08 bits per heavy atom. The zero-order valence-electron chi connectivity index (χ0n) is 14.3. The molecule has 0 radical (unpaired) electrons. The van der Waals surface area contributed by atoms with Gasteiger partial charge in [-0.25, -0.2) is 4.39 Å². The lowest BCUT2D eigenvalue weighted by Crippen LogP contribution is -2.23. The molecule has 0 aliphatic heterocycles. The summed E-state index contributed by atoms with van der Waals surface area (Å²) in [5.74, 6) is -0.258. The highest BCUT2D eigenvalue weighted by molar-refractivity contribution is 5.95. The molecule has 1 N–H and O–H groups in total. The number of ether oxygens (including phenoxy) is 1. The summed E-state index contributed by atoms with van der Waals surface area (Å²) >= 11 is 0. The molecule has 0 atom stereocenters. The van der Waals surface area contributed by atoms with Crippen molar-refractivity contribution in [3.8, 4) is 11.8 Å². The Kier molecular flexibility index (Phi) is 6.35. The topological polar surface area (TPSA) is 65.4 Å². The van der Waals surface area contributed by atoms with Gasteiger partial charge in [0.05, 0.1) is 23.8 Å². The van der Waals surface area contributed by atoms with Crippen LogP contribution in [0.2, 0.25) is 0 Å². The van der Waals surface area contributed by atoms with Crippen LogP contribution in [0.4, 0.5) is 10.1 Å². The van der Waals surface area contributed by atoms with Crippen LogP contribution in [0.25, 0.3) is 0 Å². The largest absolute Gasteiger partial charge is 0.493 e. The minimum Gasteiger partial charge on any atom is -0.493 e. The summed E-state index contributed by atoms with van der Waals surface area (Å²) in [7, 11) is 3.17. The maximum Gasteiger partial charge on any atom is 0.256 e. The predicted octanol–water partition coefficient (Wildman–Crippen LogP) is 3.28. The second-order valence-electron chi connectivity index (χ2n) is 5.66. The van der Waals surface area contributed by atoms with Crippen LogP contribution < -0.4 is 10.1 Å². The van der Waals surface area contributed by atoms with Crippen LogP contribution in [-0.4, -0.2) is 38.1 Å². The number of hydrogen-bond acceptors (Lipinski definition) is 4. The van der Waals surface area contributed by atoms with E-state index in [-0.39, 0.29) is 11.5 Å². The summed E-state index contributed by atoms with van der Waals surface area (Å²) in [5, 5.41) is 12.0. The van der Waals surface area contributed by atoms with E-state index in [9.17, 15) is 9.18 Å². The van der Waals surface area contributed by atoms with Gasteiger partial charge in [0.15, 0.2) is 0 Å². The van der Waals surface area contributed by atoms with Crippen LogP contribution >= 0.6 is 0 Å². The zero-order valence-corrected chi connectivity index (χ0v) is 14.3. The fourth-order valence-corrected chi connectivity index (χ4v) is 2.19. The molecular formula is C19H20FN3O2. The average molecular weight is 341 g/mol. The third kappa shape index (κ3) is 5.21. The molecule has 0 spiro atoms. The summed E-state index contributed by atoms with van der Waals surface area (Å²) in [6.07, 6.45) is 0.713. The highest BCUT2D eigenvalue weighted by Gasteiger charge is 2.14. The van der Waals surface area contributed by atoms with E-state index in [0.717, 1.165) is 0 Å². The molecule has 25 heavy (non-hydrogen) atoms. The maximum atomic E-state index is 13.8. The lowest BCUT2D eigenvalue weighted by atomic mass is 10.1. The van der Waals surface area contributed by atoms with Gasteiger partial charge in [0.25, 0.3) is 5.91 Å². The third-order valence-corrected chi connectivity index (χ3v) is 3.49. The molecule has 0 fully saturated rings. The van der Waals surface area contributed by atoms with Crippen LogP contribution in [0.1, 0.15) is 22.3 Å². The van der Waals surface area contributed by atoms with Gasteiger partial charge < -0.3 is 15.0 Å². The van der Waals surface area contributed by atoms with E-state index in [1.165, 1.54) is 17.0 Å². The summed E-state index contributed by atoms with van der Waals surface area (Å²) in [6.45, 7) is 1.09. The fraction of sp³-hybridized carbons (Fsp3) is 0.263. The Balaban J connectivity index is 1.83. The lowest BCUT2D eigenvalue weighted by molar-refractivity contribution is 0.0823. The molecule has 0 aliphatic carbocycles. The number of nitrogens with zero attached hydrogens (tertiary/aromatic N) is 2. The molecule has 0 bridgehead atoms. The van der Waals surface area contributed by atoms with Crippen LogP contribution in [-0.2, 0) is 0 Å². The van der Waals surface area contributed by atoms with Crippen molar-refractivity contribution in [2.45, 2.75) is 6.42 Å². The number of benzene rings is 2. The van der Waals surface area contributed by atoms with Gasteiger partial charge >= 0.3 is 0 Å². The number of rotatable bonds is 7. The van der Waals surface area contributed by atoms with Gasteiger partial charge in [0.2, 0.25) is 0 Å². The number of anilines is 1. The normalized spacial score (nSPS) is 10.0. The molecule has 0 unspecified atom stereocenters. The Morgan fingerprint density at radius 3 is 2.80 bits per heavy atom. The van der Waals surface area contributed by atoms with Gasteiger partial charge in [-0.2, -0.15) is 5.26 Å². The number of carbonyl (C=O) groups is 1. The Hall–Kier alpha value is -3.07. The van der Waals surface area contributed by atoms with Gasteiger partial charge in [0, 0.05) is 26.3 Å². The number of halogens is 1. The molecule has 1 amide bonds. The highest BCUT2D eigenvalue weighted by Crippen LogP contribution is 2.16. The summed E-state index contributed by atoms with van der Waals surface area (Å²) in [4.78, 5) is 13.3. The Morgan fingerprint density at radius 1 is 1.28 bits per heavy atom. The molecule has 130 valence electrons. The molecule has 2 rings (SSSR count). The second-order valence-corrected chi connectivity index (χ2v) is 5.66. The number of nitriles is 1. The molecule has 0 heterocycles. The van der Waals surface area contributed by atoms with Gasteiger partial charge in [-0.15, -0.1) is 0 Å². The first kappa shape index (κ1) is 18.3. The quantitative estimate of drug-likeness (QED) is 0.785. The third-order valence-electron chi connectivity index (χ3n) is 3.49.